The van der Waals surface area contributed by atoms with E-state index in [2.05, 4.69) is 0 Å². The van der Waals surface area contributed by atoms with Crippen molar-refractivity contribution in [3.63, 3.8) is 0 Å². The summed E-state index contributed by atoms with van der Waals surface area (Å²) in [5, 5.41) is 0. The predicted molar refractivity (Wildman–Crippen MR) is 72.7 cm³/mol. The summed E-state index contributed by atoms with van der Waals surface area (Å²) >= 11 is 7.26. The molecule has 2 N–H and O–H groups in total. The fourth-order valence-corrected chi connectivity index (χ4v) is 2.55. The minimum Gasteiger partial charge on any atom is -0.488 e. The molecule has 1 aromatic heterocycles. The Hall–Kier alpha value is -1.10. The number of ether oxygens (including phenoxy) is 1. The highest BCUT2D eigenvalue weighted by atomic mass is 35.5. The fourth-order valence-electron chi connectivity index (χ4n) is 1.55. The Bertz CT molecular complexity index is 542. The number of rotatable bonds is 4. The molecule has 0 amide bonds. The van der Waals surface area contributed by atoms with Crippen LogP contribution in [0.25, 0.3) is 0 Å². The second-order valence-electron chi connectivity index (χ2n) is 3.97. The van der Waals surface area contributed by atoms with Crippen molar-refractivity contribution in [1.82, 2.24) is 0 Å². The topological polar surface area (TPSA) is 35.2 Å². The zero-order chi connectivity index (χ0) is 13.1. The smallest absolute Gasteiger partial charge is 0.131 e. The van der Waals surface area contributed by atoms with Crippen LogP contribution in [0.15, 0.2) is 30.3 Å². The first-order valence-corrected chi connectivity index (χ1v) is 6.68. The molecular formula is C13H13ClFNOS. The van der Waals surface area contributed by atoms with Crippen molar-refractivity contribution in [2.24, 2.45) is 5.73 Å². The molecule has 5 heteroatoms. The summed E-state index contributed by atoms with van der Waals surface area (Å²) in [5.41, 5.74) is 6.13. The van der Waals surface area contributed by atoms with Gasteiger partial charge in [0.1, 0.15) is 18.2 Å². The molecule has 0 unspecified atom stereocenters. The number of benzene rings is 1. The summed E-state index contributed by atoms with van der Waals surface area (Å²) < 4.78 is 19.9. The Morgan fingerprint density at radius 1 is 1.39 bits per heavy atom. The number of hydrogen-bond donors (Lipinski definition) is 1. The third-order valence-corrected chi connectivity index (χ3v) is 3.68. The van der Waals surface area contributed by atoms with E-state index in [1.807, 2.05) is 12.1 Å². The molecule has 2 rings (SSSR count). The SMILES string of the molecule is C[C@@H](N)c1ccc(OCc2ccc(Cl)s2)cc1F. The van der Waals surface area contributed by atoms with Gasteiger partial charge in [0.15, 0.2) is 0 Å². The van der Waals surface area contributed by atoms with Crippen molar-refractivity contribution in [3.8, 4) is 5.75 Å². The highest BCUT2D eigenvalue weighted by molar-refractivity contribution is 7.16. The van der Waals surface area contributed by atoms with Crippen LogP contribution in [0, 0.1) is 5.82 Å². The molecule has 2 nitrogen and oxygen atoms in total. The van der Waals surface area contributed by atoms with Crippen LogP contribution in [0.1, 0.15) is 23.4 Å². The zero-order valence-corrected chi connectivity index (χ0v) is 11.4. The first kappa shape index (κ1) is 13.3. The quantitative estimate of drug-likeness (QED) is 0.916. The molecule has 0 saturated carbocycles. The van der Waals surface area contributed by atoms with Crippen LogP contribution in [0.4, 0.5) is 4.39 Å². The molecule has 0 spiro atoms. The van der Waals surface area contributed by atoms with E-state index in [1.54, 1.807) is 19.1 Å². The third kappa shape index (κ3) is 3.22. The highest BCUT2D eigenvalue weighted by Crippen LogP contribution is 2.24. The van der Waals surface area contributed by atoms with E-state index in [0.717, 1.165) is 4.88 Å². The van der Waals surface area contributed by atoms with Gasteiger partial charge in [0.2, 0.25) is 0 Å². The van der Waals surface area contributed by atoms with Crippen LogP contribution in [0.3, 0.4) is 0 Å². The maximum Gasteiger partial charge on any atom is 0.131 e. The van der Waals surface area contributed by atoms with Crippen LogP contribution in [-0.4, -0.2) is 0 Å². The van der Waals surface area contributed by atoms with Crippen molar-refractivity contribution in [3.05, 3.63) is 50.9 Å². The average Bonchev–Trinajstić information content (AvgIpc) is 2.72. The van der Waals surface area contributed by atoms with Gasteiger partial charge in [0.25, 0.3) is 0 Å². The lowest BCUT2D eigenvalue weighted by atomic mass is 10.1. The summed E-state index contributed by atoms with van der Waals surface area (Å²) in [4.78, 5) is 0.997. The van der Waals surface area contributed by atoms with Crippen molar-refractivity contribution >= 4 is 22.9 Å². The third-order valence-electron chi connectivity index (χ3n) is 2.47. The molecule has 0 saturated heterocycles. The van der Waals surface area contributed by atoms with Crippen molar-refractivity contribution in [2.75, 3.05) is 0 Å². The number of halogens is 2. The maximum absolute atomic E-state index is 13.7. The van der Waals surface area contributed by atoms with Crippen LogP contribution in [0.5, 0.6) is 5.75 Å². The Morgan fingerprint density at radius 3 is 2.72 bits per heavy atom. The Balaban J connectivity index is 2.04. The fraction of sp³-hybridized carbons (Fsp3) is 0.231. The molecule has 1 aromatic carbocycles. The van der Waals surface area contributed by atoms with Crippen molar-refractivity contribution in [2.45, 2.75) is 19.6 Å². The molecule has 1 heterocycles. The monoisotopic (exact) mass is 285 g/mol. The van der Waals surface area contributed by atoms with Gasteiger partial charge < -0.3 is 10.5 Å². The molecule has 96 valence electrons. The minimum atomic E-state index is -0.341. The van der Waals surface area contributed by atoms with E-state index in [4.69, 9.17) is 22.1 Å². The lowest BCUT2D eigenvalue weighted by molar-refractivity contribution is 0.308. The van der Waals surface area contributed by atoms with Gasteiger partial charge in [-0.25, -0.2) is 4.39 Å². The first-order valence-electron chi connectivity index (χ1n) is 5.48. The van der Waals surface area contributed by atoms with Crippen LogP contribution >= 0.6 is 22.9 Å². The van der Waals surface area contributed by atoms with Crippen LogP contribution in [0.2, 0.25) is 4.34 Å². The van der Waals surface area contributed by atoms with Gasteiger partial charge in [-0.3, -0.25) is 0 Å². The van der Waals surface area contributed by atoms with Gasteiger partial charge in [-0.2, -0.15) is 0 Å². The minimum absolute atomic E-state index is 0.324. The van der Waals surface area contributed by atoms with Gasteiger partial charge >= 0.3 is 0 Å². The van der Waals surface area contributed by atoms with Gasteiger partial charge in [-0.15, -0.1) is 11.3 Å². The molecule has 18 heavy (non-hydrogen) atoms. The Kier molecular flexibility index (Phi) is 4.22. The van der Waals surface area contributed by atoms with E-state index >= 15 is 0 Å². The normalized spacial score (nSPS) is 12.4. The zero-order valence-electron chi connectivity index (χ0n) is 9.82. The summed E-state index contributed by atoms with van der Waals surface area (Å²) in [5.74, 6) is 0.146. The van der Waals surface area contributed by atoms with Crippen LogP contribution in [-0.2, 0) is 6.61 Å². The summed E-state index contributed by atoms with van der Waals surface area (Å²) in [6.45, 7) is 2.13. The summed E-state index contributed by atoms with van der Waals surface area (Å²) in [7, 11) is 0. The van der Waals surface area contributed by atoms with E-state index in [9.17, 15) is 4.39 Å². The van der Waals surface area contributed by atoms with E-state index < -0.39 is 0 Å². The van der Waals surface area contributed by atoms with Gasteiger partial charge in [0, 0.05) is 22.5 Å². The molecule has 0 aliphatic rings. The van der Waals surface area contributed by atoms with Gasteiger partial charge in [0.05, 0.1) is 4.34 Å². The molecule has 2 aromatic rings. The Morgan fingerprint density at radius 2 is 2.17 bits per heavy atom. The van der Waals surface area contributed by atoms with Crippen LogP contribution < -0.4 is 10.5 Å². The van der Waals surface area contributed by atoms with E-state index in [0.29, 0.717) is 22.3 Å². The number of thiophene rings is 1. The molecule has 0 radical (unpaired) electrons. The van der Waals surface area contributed by atoms with Crippen molar-refractivity contribution in [1.29, 1.82) is 0 Å². The van der Waals surface area contributed by atoms with Crippen molar-refractivity contribution < 1.29 is 9.13 Å². The average molecular weight is 286 g/mol. The van der Waals surface area contributed by atoms with Gasteiger partial charge in [-0.1, -0.05) is 17.7 Å². The molecular weight excluding hydrogens is 273 g/mol. The standard InChI is InChI=1S/C13H13ClFNOS/c1-8(16)11-4-2-9(6-12(11)15)17-7-10-3-5-13(14)18-10/h2-6,8H,7,16H2,1H3/t8-/m1/s1. The number of hydrogen-bond acceptors (Lipinski definition) is 3. The molecule has 0 bridgehead atoms. The lowest BCUT2D eigenvalue weighted by Crippen LogP contribution is -2.07. The molecule has 0 aliphatic heterocycles. The predicted octanol–water partition coefficient (Wildman–Crippen LogP) is 4.14. The second-order valence-corrected chi connectivity index (χ2v) is 5.77. The summed E-state index contributed by atoms with van der Waals surface area (Å²) in [6.07, 6.45) is 0. The molecule has 1 atom stereocenters. The lowest BCUT2D eigenvalue weighted by Gasteiger charge is -2.09. The highest BCUT2D eigenvalue weighted by Gasteiger charge is 2.08. The second kappa shape index (κ2) is 5.69. The molecule has 0 aliphatic carbocycles. The summed E-state index contributed by atoms with van der Waals surface area (Å²) in [6, 6.07) is 8.10. The van der Waals surface area contributed by atoms with Gasteiger partial charge in [-0.05, 0) is 25.1 Å². The molecule has 0 fully saturated rings. The Labute approximate surface area is 114 Å². The number of nitrogens with two attached hydrogens (primary N) is 1. The first-order chi connectivity index (χ1) is 8.56. The van der Waals surface area contributed by atoms with E-state index in [1.165, 1.54) is 17.4 Å². The van der Waals surface area contributed by atoms with E-state index in [-0.39, 0.29) is 11.9 Å². The largest absolute Gasteiger partial charge is 0.488 e. The maximum atomic E-state index is 13.7.